The molecule has 0 saturated carbocycles. The Morgan fingerprint density at radius 1 is 1.04 bits per heavy atom. The highest BCUT2D eigenvalue weighted by atomic mass is 16.5. The average molecular weight is 369 g/mol. The molecule has 0 spiro atoms. The van der Waals surface area contributed by atoms with E-state index in [0.717, 1.165) is 11.1 Å². The first-order valence-electron chi connectivity index (χ1n) is 8.46. The quantitative estimate of drug-likeness (QED) is 0.532. The van der Waals surface area contributed by atoms with Crippen molar-refractivity contribution >= 4 is 17.6 Å². The van der Waals surface area contributed by atoms with E-state index in [9.17, 15) is 14.7 Å². The van der Waals surface area contributed by atoms with Gasteiger partial charge in [0, 0.05) is 0 Å². The molecular weight excluding hydrogens is 348 g/mol. The Hall–Kier alpha value is -3.35. The van der Waals surface area contributed by atoms with Gasteiger partial charge in [0.05, 0.1) is 11.7 Å². The van der Waals surface area contributed by atoms with Crippen LogP contribution in [0.2, 0.25) is 0 Å². The third kappa shape index (κ3) is 6.81. The van der Waals surface area contributed by atoms with E-state index in [4.69, 9.17) is 9.47 Å². The number of amides is 1. The molecule has 2 aromatic carbocycles. The van der Waals surface area contributed by atoms with Crippen molar-refractivity contribution in [1.29, 1.82) is 0 Å². The molecular formula is C20H21N2O5-. The highest BCUT2D eigenvalue weighted by Gasteiger charge is 2.06. The van der Waals surface area contributed by atoms with E-state index < -0.39 is 12.6 Å². The van der Waals surface area contributed by atoms with Crippen molar-refractivity contribution in [2.24, 2.45) is 5.10 Å². The second-order valence-electron chi connectivity index (χ2n) is 5.74. The summed E-state index contributed by atoms with van der Waals surface area (Å²) in [5, 5.41) is 14.5. The van der Waals surface area contributed by atoms with Gasteiger partial charge < -0.3 is 19.4 Å². The van der Waals surface area contributed by atoms with Gasteiger partial charge in [-0.25, -0.2) is 5.43 Å². The van der Waals surface area contributed by atoms with Crippen LogP contribution in [0, 0.1) is 6.92 Å². The van der Waals surface area contributed by atoms with Gasteiger partial charge in [-0.2, -0.15) is 5.10 Å². The van der Waals surface area contributed by atoms with Gasteiger partial charge in [-0.05, 0) is 60.9 Å². The summed E-state index contributed by atoms with van der Waals surface area (Å²) in [5.41, 5.74) is 4.99. The number of nitrogens with zero attached hydrogens (tertiary/aromatic N) is 1. The summed E-state index contributed by atoms with van der Waals surface area (Å²) in [5.74, 6) is -0.618. The molecule has 0 saturated heterocycles. The highest BCUT2D eigenvalue weighted by Crippen LogP contribution is 2.14. The number of hydrogen-bond donors (Lipinski definition) is 1. The number of ether oxygens (including phenoxy) is 2. The predicted octanol–water partition coefficient (Wildman–Crippen LogP) is 1.43. The standard InChI is InChI=1S/C20H22N2O5/c1-3-18(15-7-9-16(10-8-15)27-13-20(24)25)21-22-19(23)12-26-17-6-4-5-14(2)11-17/h4-11H,3,12-13H2,1-2H3,(H,22,23)(H,24,25)/p-1/b21-18-. The predicted molar refractivity (Wildman–Crippen MR) is 98.6 cm³/mol. The lowest BCUT2D eigenvalue weighted by Gasteiger charge is -2.09. The third-order valence-corrected chi connectivity index (χ3v) is 3.55. The molecule has 7 heteroatoms. The van der Waals surface area contributed by atoms with Crippen molar-refractivity contribution in [3.05, 3.63) is 59.7 Å². The first-order chi connectivity index (χ1) is 13.0. The molecule has 1 N–H and O–H groups in total. The van der Waals surface area contributed by atoms with Crippen LogP contribution < -0.4 is 20.0 Å². The minimum atomic E-state index is -1.29. The molecule has 0 unspecified atom stereocenters. The summed E-state index contributed by atoms with van der Waals surface area (Å²) in [4.78, 5) is 22.3. The molecule has 142 valence electrons. The Morgan fingerprint density at radius 3 is 2.37 bits per heavy atom. The molecule has 0 aliphatic heterocycles. The Balaban J connectivity index is 1.90. The van der Waals surface area contributed by atoms with Gasteiger partial charge in [0.1, 0.15) is 18.1 Å². The number of carboxylic acid groups (broad SMARTS) is 1. The molecule has 0 atom stereocenters. The normalized spacial score (nSPS) is 11.0. The van der Waals surface area contributed by atoms with E-state index >= 15 is 0 Å². The zero-order valence-corrected chi connectivity index (χ0v) is 15.2. The van der Waals surface area contributed by atoms with Crippen LogP contribution in [0.4, 0.5) is 0 Å². The molecule has 7 nitrogen and oxygen atoms in total. The van der Waals surface area contributed by atoms with Gasteiger partial charge in [0.15, 0.2) is 6.61 Å². The Morgan fingerprint density at radius 2 is 1.74 bits per heavy atom. The van der Waals surface area contributed by atoms with E-state index in [1.54, 1.807) is 30.3 Å². The zero-order chi connectivity index (χ0) is 19.6. The summed E-state index contributed by atoms with van der Waals surface area (Å²) >= 11 is 0. The number of aryl methyl sites for hydroxylation is 1. The SMILES string of the molecule is CC/C(=N/NC(=O)COc1cccc(C)c1)c1ccc(OCC(=O)[O-])cc1. The van der Waals surface area contributed by atoms with Crippen LogP contribution in [0.3, 0.4) is 0 Å². The minimum Gasteiger partial charge on any atom is -0.546 e. The summed E-state index contributed by atoms with van der Waals surface area (Å²) in [7, 11) is 0. The molecule has 2 aromatic rings. The number of benzene rings is 2. The van der Waals surface area contributed by atoms with E-state index in [1.165, 1.54) is 0 Å². The molecule has 0 fully saturated rings. The summed E-state index contributed by atoms with van der Waals surface area (Å²) in [6.07, 6.45) is 0.596. The van der Waals surface area contributed by atoms with Gasteiger partial charge in [-0.1, -0.05) is 19.1 Å². The number of carbonyl (C=O) groups excluding carboxylic acids is 2. The fourth-order valence-electron chi connectivity index (χ4n) is 2.25. The van der Waals surface area contributed by atoms with Gasteiger partial charge in [0.25, 0.3) is 5.91 Å². The maximum Gasteiger partial charge on any atom is 0.277 e. The zero-order valence-electron chi connectivity index (χ0n) is 15.2. The number of hydrogen-bond acceptors (Lipinski definition) is 6. The lowest BCUT2D eigenvalue weighted by molar-refractivity contribution is -0.307. The molecule has 0 aromatic heterocycles. The number of aliphatic carboxylic acids is 1. The van der Waals surface area contributed by atoms with Crippen LogP contribution in [0.15, 0.2) is 53.6 Å². The number of hydrazone groups is 1. The highest BCUT2D eigenvalue weighted by molar-refractivity contribution is 6.01. The van der Waals surface area contributed by atoms with Crippen molar-refractivity contribution in [2.45, 2.75) is 20.3 Å². The van der Waals surface area contributed by atoms with Crippen molar-refractivity contribution in [1.82, 2.24) is 5.43 Å². The minimum absolute atomic E-state index is 0.139. The monoisotopic (exact) mass is 369 g/mol. The van der Waals surface area contributed by atoms with Crippen LogP contribution in [-0.4, -0.2) is 30.8 Å². The number of nitrogens with one attached hydrogen (secondary N) is 1. The molecule has 27 heavy (non-hydrogen) atoms. The maximum atomic E-state index is 11.9. The molecule has 0 aliphatic carbocycles. The van der Waals surface area contributed by atoms with Gasteiger partial charge >= 0.3 is 0 Å². The van der Waals surface area contributed by atoms with Crippen molar-refractivity contribution in [2.75, 3.05) is 13.2 Å². The molecule has 0 bridgehead atoms. The van der Waals surface area contributed by atoms with Crippen molar-refractivity contribution in [3.8, 4) is 11.5 Å². The number of rotatable bonds is 9. The Bertz CT molecular complexity index is 815. The average Bonchev–Trinajstić information content (AvgIpc) is 2.66. The fourth-order valence-corrected chi connectivity index (χ4v) is 2.25. The number of carbonyl (C=O) groups is 2. The summed E-state index contributed by atoms with van der Waals surface area (Å²) in [6.45, 7) is 3.21. The van der Waals surface area contributed by atoms with Crippen molar-refractivity contribution in [3.63, 3.8) is 0 Å². The molecule has 0 heterocycles. The number of carboxylic acids is 1. The topological polar surface area (TPSA) is 100 Å². The van der Waals surface area contributed by atoms with Gasteiger partial charge in [-0.3, -0.25) is 4.79 Å². The lowest BCUT2D eigenvalue weighted by Crippen LogP contribution is -2.28. The van der Waals surface area contributed by atoms with E-state index in [-0.39, 0.29) is 12.5 Å². The molecule has 2 rings (SSSR count). The van der Waals surface area contributed by atoms with Crippen LogP contribution in [-0.2, 0) is 9.59 Å². The van der Waals surface area contributed by atoms with Crippen molar-refractivity contribution < 1.29 is 24.2 Å². The van der Waals surface area contributed by atoms with E-state index in [2.05, 4.69) is 10.5 Å². The smallest absolute Gasteiger partial charge is 0.277 e. The fraction of sp³-hybridized carbons (Fsp3) is 0.250. The molecule has 0 aliphatic rings. The summed E-state index contributed by atoms with van der Waals surface area (Å²) in [6, 6.07) is 14.2. The van der Waals surface area contributed by atoms with E-state index in [1.807, 2.05) is 32.0 Å². The van der Waals surface area contributed by atoms with Crippen LogP contribution in [0.25, 0.3) is 0 Å². The molecule has 0 radical (unpaired) electrons. The van der Waals surface area contributed by atoms with Crippen LogP contribution in [0.1, 0.15) is 24.5 Å². The van der Waals surface area contributed by atoms with Crippen LogP contribution in [0.5, 0.6) is 11.5 Å². The second-order valence-corrected chi connectivity index (χ2v) is 5.74. The Kier molecular flexibility index (Phi) is 7.37. The van der Waals surface area contributed by atoms with Gasteiger partial charge in [0.2, 0.25) is 0 Å². The van der Waals surface area contributed by atoms with Crippen LogP contribution >= 0.6 is 0 Å². The third-order valence-electron chi connectivity index (χ3n) is 3.55. The first-order valence-corrected chi connectivity index (χ1v) is 8.46. The summed E-state index contributed by atoms with van der Waals surface area (Å²) < 4.78 is 10.5. The molecule has 1 amide bonds. The van der Waals surface area contributed by atoms with Gasteiger partial charge in [-0.15, -0.1) is 0 Å². The Labute approximate surface area is 157 Å². The second kappa shape index (κ2) is 9.96. The first kappa shape index (κ1) is 20.0. The lowest BCUT2D eigenvalue weighted by atomic mass is 10.1. The maximum absolute atomic E-state index is 11.9. The van der Waals surface area contributed by atoms with E-state index in [0.29, 0.717) is 23.6 Å². The largest absolute Gasteiger partial charge is 0.546 e.